The number of fused-ring (bicyclic) bond motifs is 1. The van der Waals surface area contributed by atoms with Crippen LogP contribution >= 0.6 is 0 Å². The summed E-state index contributed by atoms with van der Waals surface area (Å²) >= 11 is 0. The quantitative estimate of drug-likeness (QED) is 0.862. The molecule has 3 N–H and O–H groups in total. The molecule has 0 unspecified atom stereocenters. The molecule has 6 heteroatoms. The second-order valence-corrected chi connectivity index (χ2v) is 7.50. The Bertz CT molecular complexity index is 704. The Balaban J connectivity index is 2.03. The van der Waals surface area contributed by atoms with Gasteiger partial charge < -0.3 is 20.5 Å². The molecule has 1 saturated carbocycles. The van der Waals surface area contributed by atoms with Gasteiger partial charge in [-0.25, -0.2) is 4.79 Å². The van der Waals surface area contributed by atoms with E-state index in [1.807, 2.05) is 13.8 Å². The maximum absolute atomic E-state index is 12.3. The van der Waals surface area contributed by atoms with Crippen molar-refractivity contribution in [2.75, 3.05) is 0 Å². The molecule has 2 amide bonds. The Kier molecular flexibility index (Phi) is 4.61. The van der Waals surface area contributed by atoms with E-state index in [0.29, 0.717) is 16.9 Å². The number of nitrogens with two attached hydrogens (primary N) is 1. The molecule has 1 fully saturated rings. The zero-order valence-electron chi connectivity index (χ0n) is 14.7. The molecule has 0 aromatic heterocycles. The molecule has 1 aromatic rings. The smallest absolute Gasteiger partial charge is 0.315 e. The zero-order chi connectivity index (χ0) is 18.2. The number of aliphatic hydroxyl groups excluding tert-OH is 1. The number of rotatable bonds is 2. The highest BCUT2D eigenvalue weighted by Gasteiger charge is 2.49. The summed E-state index contributed by atoms with van der Waals surface area (Å²) in [6, 6.07) is 5.94. The van der Waals surface area contributed by atoms with Crippen molar-refractivity contribution in [1.82, 2.24) is 4.90 Å². The third kappa shape index (κ3) is 3.16. The lowest BCUT2D eigenvalue weighted by molar-refractivity contribution is -0.0810. The van der Waals surface area contributed by atoms with Crippen molar-refractivity contribution in [2.45, 2.75) is 69.7 Å². The minimum Gasteiger partial charge on any atom is -0.485 e. The molecule has 6 nitrogen and oxygen atoms in total. The fourth-order valence-corrected chi connectivity index (χ4v) is 4.23. The topological polar surface area (TPSA) is 99.6 Å². The number of aliphatic hydroxyl groups is 1. The van der Waals surface area contributed by atoms with Gasteiger partial charge in [0.05, 0.1) is 11.6 Å². The van der Waals surface area contributed by atoms with Crippen LogP contribution in [0.3, 0.4) is 0 Å². The molecule has 134 valence electrons. The number of urea groups is 1. The minimum atomic E-state index is -0.957. The summed E-state index contributed by atoms with van der Waals surface area (Å²) in [6.45, 7) is 3.72. The molecule has 2 atom stereocenters. The summed E-state index contributed by atoms with van der Waals surface area (Å²) in [4.78, 5) is 13.9. The van der Waals surface area contributed by atoms with Crippen molar-refractivity contribution in [2.24, 2.45) is 5.73 Å². The molecule has 25 heavy (non-hydrogen) atoms. The van der Waals surface area contributed by atoms with Crippen LogP contribution in [0.1, 0.15) is 63.2 Å². The molecule has 1 aliphatic carbocycles. The highest BCUT2D eigenvalue weighted by Crippen LogP contribution is 2.44. The minimum absolute atomic E-state index is 0.00877. The lowest BCUT2D eigenvalue weighted by atomic mass is 9.82. The van der Waals surface area contributed by atoms with Crippen molar-refractivity contribution < 1.29 is 14.6 Å². The summed E-state index contributed by atoms with van der Waals surface area (Å²) in [5.74, 6) is 0.542. The number of benzene rings is 1. The first-order valence-corrected chi connectivity index (χ1v) is 8.84. The second kappa shape index (κ2) is 6.57. The lowest BCUT2D eigenvalue weighted by Gasteiger charge is -2.50. The number of amides is 2. The number of hydrogen-bond acceptors (Lipinski definition) is 4. The van der Waals surface area contributed by atoms with E-state index in [4.69, 9.17) is 15.7 Å². The number of primary amides is 1. The molecule has 3 rings (SSSR count). The summed E-state index contributed by atoms with van der Waals surface area (Å²) in [5.41, 5.74) is 5.91. The van der Waals surface area contributed by atoms with Crippen molar-refractivity contribution in [3.63, 3.8) is 0 Å². The van der Waals surface area contributed by atoms with Crippen LogP contribution in [0.4, 0.5) is 4.79 Å². The standard InChI is InChI=1S/C19H25N3O3/c1-19(2)17(22(18(21)24)13-6-4-3-5-7-13)16(23)14-10-12(11-20)8-9-15(14)25-19/h8-10,13,16-17,23H,3-7H2,1-2H3,(H2,21,24)/t16-,17+/m0/s1. The Morgan fingerprint density at radius 1 is 1.36 bits per heavy atom. The van der Waals surface area contributed by atoms with Crippen LogP contribution in [0.2, 0.25) is 0 Å². The summed E-state index contributed by atoms with van der Waals surface area (Å²) < 4.78 is 6.10. The van der Waals surface area contributed by atoms with E-state index in [1.165, 1.54) is 0 Å². The number of carbonyl (C=O) groups excluding carboxylic acids is 1. The van der Waals surface area contributed by atoms with Gasteiger partial charge in [-0.1, -0.05) is 19.3 Å². The van der Waals surface area contributed by atoms with Gasteiger partial charge in [0.15, 0.2) is 0 Å². The average molecular weight is 343 g/mol. The van der Waals surface area contributed by atoms with Crippen LogP contribution < -0.4 is 10.5 Å². The van der Waals surface area contributed by atoms with Gasteiger partial charge in [-0.3, -0.25) is 0 Å². The number of carbonyl (C=O) groups is 1. The highest BCUT2D eigenvalue weighted by molar-refractivity contribution is 5.73. The number of ether oxygens (including phenoxy) is 1. The Morgan fingerprint density at radius 2 is 2.04 bits per heavy atom. The number of nitriles is 1. The third-order valence-electron chi connectivity index (χ3n) is 5.36. The van der Waals surface area contributed by atoms with E-state index in [-0.39, 0.29) is 6.04 Å². The van der Waals surface area contributed by atoms with Crippen LogP contribution in [-0.2, 0) is 0 Å². The van der Waals surface area contributed by atoms with E-state index in [1.54, 1.807) is 23.1 Å². The van der Waals surface area contributed by atoms with E-state index < -0.39 is 23.8 Å². The maximum Gasteiger partial charge on any atom is 0.315 e. The van der Waals surface area contributed by atoms with Crippen molar-refractivity contribution in [3.05, 3.63) is 29.3 Å². The highest BCUT2D eigenvalue weighted by atomic mass is 16.5. The molecule has 1 aliphatic heterocycles. The predicted octanol–water partition coefficient (Wildman–Crippen LogP) is 2.84. The summed E-state index contributed by atoms with van der Waals surface area (Å²) in [7, 11) is 0. The van der Waals surface area contributed by atoms with E-state index in [9.17, 15) is 9.90 Å². The van der Waals surface area contributed by atoms with Gasteiger partial charge in [0, 0.05) is 11.6 Å². The van der Waals surface area contributed by atoms with E-state index in [0.717, 1.165) is 32.1 Å². The first-order valence-electron chi connectivity index (χ1n) is 8.84. The van der Waals surface area contributed by atoms with E-state index >= 15 is 0 Å². The van der Waals surface area contributed by atoms with Crippen LogP contribution in [0.25, 0.3) is 0 Å². The molecule has 0 bridgehead atoms. The first kappa shape index (κ1) is 17.6. The molecule has 1 heterocycles. The van der Waals surface area contributed by atoms with Gasteiger partial charge in [0.25, 0.3) is 0 Å². The van der Waals surface area contributed by atoms with Gasteiger partial charge in [-0.05, 0) is 44.9 Å². The molecule has 0 saturated heterocycles. The molecule has 1 aromatic carbocycles. The van der Waals surface area contributed by atoms with Gasteiger partial charge in [-0.15, -0.1) is 0 Å². The van der Waals surface area contributed by atoms with Gasteiger partial charge in [-0.2, -0.15) is 5.26 Å². The summed E-state index contributed by atoms with van der Waals surface area (Å²) in [5, 5.41) is 20.2. The normalized spacial score (nSPS) is 25.4. The van der Waals surface area contributed by atoms with Gasteiger partial charge in [0.2, 0.25) is 0 Å². The molecule has 2 aliphatic rings. The molecular weight excluding hydrogens is 318 g/mol. The fraction of sp³-hybridized carbons (Fsp3) is 0.579. The predicted molar refractivity (Wildman–Crippen MR) is 92.9 cm³/mol. The van der Waals surface area contributed by atoms with Gasteiger partial charge >= 0.3 is 6.03 Å². The third-order valence-corrected chi connectivity index (χ3v) is 5.36. The van der Waals surface area contributed by atoms with Crippen molar-refractivity contribution >= 4 is 6.03 Å². The number of hydrogen-bond donors (Lipinski definition) is 2. The average Bonchev–Trinajstić information content (AvgIpc) is 2.58. The molecule has 0 radical (unpaired) electrons. The Labute approximate surface area is 148 Å². The van der Waals surface area contributed by atoms with E-state index in [2.05, 4.69) is 6.07 Å². The largest absolute Gasteiger partial charge is 0.485 e. The SMILES string of the molecule is CC1(C)Oc2ccc(C#N)cc2[C@H](O)[C@H]1N(C(N)=O)C1CCCCC1. The van der Waals surface area contributed by atoms with Crippen LogP contribution in [0, 0.1) is 11.3 Å². The van der Waals surface area contributed by atoms with Gasteiger partial charge in [0.1, 0.15) is 23.5 Å². The Morgan fingerprint density at radius 3 is 2.64 bits per heavy atom. The van der Waals surface area contributed by atoms with Crippen LogP contribution in [0.5, 0.6) is 5.75 Å². The lowest BCUT2D eigenvalue weighted by Crippen LogP contribution is -2.63. The van der Waals surface area contributed by atoms with Crippen LogP contribution in [-0.4, -0.2) is 33.7 Å². The Hall–Kier alpha value is -2.26. The molecular formula is C19H25N3O3. The number of nitrogens with zero attached hydrogens (tertiary/aromatic N) is 2. The zero-order valence-corrected chi connectivity index (χ0v) is 14.7. The molecule has 0 spiro atoms. The van der Waals surface area contributed by atoms with Crippen molar-refractivity contribution in [1.29, 1.82) is 5.26 Å². The monoisotopic (exact) mass is 343 g/mol. The first-order chi connectivity index (χ1) is 11.8. The fourth-order valence-electron chi connectivity index (χ4n) is 4.23. The summed E-state index contributed by atoms with van der Waals surface area (Å²) in [6.07, 6.45) is 4.06. The maximum atomic E-state index is 12.3. The van der Waals surface area contributed by atoms with Crippen LogP contribution in [0.15, 0.2) is 18.2 Å². The van der Waals surface area contributed by atoms with Crippen molar-refractivity contribution in [3.8, 4) is 11.8 Å². The second-order valence-electron chi connectivity index (χ2n) is 7.50.